The van der Waals surface area contributed by atoms with Gasteiger partial charge in [0.2, 0.25) is 0 Å². The van der Waals surface area contributed by atoms with Gasteiger partial charge in [-0.25, -0.2) is 8.78 Å². The molecule has 0 radical (unpaired) electrons. The molecule has 6 N–H and O–H groups in total. The molecule has 0 atom stereocenters. The predicted octanol–water partition coefficient (Wildman–Crippen LogP) is 1.94. The first-order valence-electron chi connectivity index (χ1n) is 7.18. The Morgan fingerprint density at radius 2 is 1.11 bits per heavy atom. The van der Waals surface area contributed by atoms with Gasteiger partial charge in [0.15, 0.2) is 0 Å². The van der Waals surface area contributed by atoms with Crippen LogP contribution in [0.5, 0.6) is 0 Å². The van der Waals surface area contributed by atoms with E-state index in [9.17, 15) is 8.78 Å². The van der Waals surface area contributed by atoms with E-state index < -0.39 is 23.7 Å². The summed E-state index contributed by atoms with van der Waals surface area (Å²) < 4.78 is 33.9. The maximum atomic E-state index is 12.9. The molecular formula is C16H16F2N6O3V. The van der Waals surface area contributed by atoms with Gasteiger partial charge in [0.05, 0.1) is 12.4 Å². The number of hydrogen-bond donors (Lipinski definition) is 4. The number of benzene rings is 2. The Morgan fingerprint density at radius 3 is 1.39 bits per heavy atom. The second-order valence-corrected chi connectivity index (χ2v) is 4.45. The molecule has 0 fully saturated rings. The van der Waals surface area contributed by atoms with Gasteiger partial charge in [0.1, 0.15) is 11.6 Å². The van der Waals surface area contributed by atoms with Crippen LogP contribution in [0, 0.1) is 11.6 Å². The number of halogens is 2. The monoisotopic (exact) mass is 429 g/mol. The van der Waals surface area contributed by atoms with Crippen LogP contribution in [-0.4, -0.2) is 34.7 Å². The van der Waals surface area contributed by atoms with Crippen molar-refractivity contribution >= 4 is 24.5 Å². The molecule has 0 amide bonds. The molecule has 0 saturated carbocycles. The third kappa shape index (κ3) is 11.2. The van der Waals surface area contributed by atoms with Crippen LogP contribution in [0.3, 0.4) is 0 Å². The van der Waals surface area contributed by atoms with Crippen LogP contribution in [-0.2, 0) is 21.0 Å². The van der Waals surface area contributed by atoms with E-state index in [4.69, 9.17) is 25.4 Å². The van der Waals surface area contributed by atoms with Crippen molar-refractivity contribution in [2.75, 3.05) is 0 Å². The summed E-state index contributed by atoms with van der Waals surface area (Å²) in [5, 5.41) is 29.8. The normalized spacial score (nSPS) is 11.5. The average Bonchev–Trinajstić information content (AvgIpc) is 2.66. The first-order valence-corrected chi connectivity index (χ1v) is 7.75. The molecule has 0 spiro atoms. The first-order chi connectivity index (χ1) is 13.4. The number of nitrogens with zero attached hydrogens (tertiary/aromatic N) is 4. The molecule has 0 aromatic heterocycles. The van der Waals surface area contributed by atoms with Crippen molar-refractivity contribution in [3.63, 3.8) is 0 Å². The average molecular weight is 429 g/mol. The maximum absolute atomic E-state index is 12.9. The number of amidine groups is 2. The number of nitrogens with two attached hydrogens (primary N) is 2. The third-order valence-corrected chi connectivity index (χ3v) is 2.52. The van der Waals surface area contributed by atoms with Crippen LogP contribution < -0.4 is 11.5 Å². The number of aliphatic hydroxyl groups excluding tert-OH is 2. The van der Waals surface area contributed by atoms with Gasteiger partial charge < -0.3 is 21.7 Å². The van der Waals surface area contributed by atoms with Gasteiger partial charge in [-0.05, 0) is 12.1 Å². The van der Waals surface area contributed by atoms with Crippen LogP contribution in [0.2, 0.25) is 0 Å². The molecule has 0 bridgehead atoms. The standard InChI is InChI=1S/2C8H8FN3O.O.V/c2*9-7-4-2-1-3-6(7)5-11-12-8(10)13;;/h2*1-5H,(H3,10,12,13);;/b2*11-5-;;. The zero-order valence-corrected chi connectivity index (χ0v) is 15.6. The van der Waals surface area contributed by atoms with Gasteiger partial charge in [-0.1, -0.05) is 46.6 Å². The Kier molecular flexibility index (Phi) is 12.9. The number of hydrogen-bond acceptors (Lipinski definition) is 5. The minimum atomic E-state index is -0.660. The van der Waals surface area contributed by atoms with E-state index in [0.717, 1.165) is 17.4 Å². The van der Waals surface area contributed by atoms with E-state index in [1.165, 1.54) is 36.7 Å². The zero-order valence-electron chi connectivity index (χ0n) is 14.2. The van der Waals surface area contributed by atoms with Crippen LogP contribution in [0.4, 0.5) is 8.78 Å². The molecule has 0 unspecified atom stereocenters. The van der Waals surface area contributed by atoms with Gasteiger partial charge in [0.25, 0.3) is 0 Å². The first kappa shape index (κ1) is 24.6. The Balaban J connectivity index is 0.000000478. The van der Waals surface area contributed by atoms with Crippen molar-refractivity contribution in [3.05, 3.63) is 71.3 Å². The minimum absolute atomic E-state index is 0.285. The summed E-state index contributed by atoms with van der Waals surface area (Å²) >= 11 is 1.06. The van der Waals surface area contributed by atoms with Crippen LogP contribution >= 0.6 is 0 Å². The van der Waals surface area contributed by atoms with Crippen molar-refractivity contribution in [3.8, 4) is 0 Å². The molecule has 0 saturated heterocycles. The van der Waals surface area contributed by atoms with Gasteiger partial charge in [0, 0.05) is 11.1 Å². The Bertz CT molecular complexity index is 784. The molecule has 2 rings (SSSR count). The summed E-state index contributed by atoms with van der Waals surface area (Å²) in [7, 11) is 0. The van der Waals surface area contributed by atoms with E-state index in [2.05, 4.69) is 20.4 Å². The molecule has 2 aromatic rings. The van der Waals surface area contributed by atoms with Crippen LogP contribution in [0.1, 0.15) is 11.1 Å². The molecule has 9 nitrogen and oxygen atoms in total. The van der Waals surface area contributed by atoms with Gasteiger partial charge in [-0.3, -0.25) is 0 Å². The van der Waals surface area contributed by atoms with Crippen molar-refractivity contribution < 1.29 is 40.0 Å². The molecule has 0 aliphatic rings. The molecule has 2 aromatic carbocycles. The molecule has 28 heavy (non-hydrogen) atoms. The van der Waals surface area contributed by atoms with Gasteiger partial charge >= 0.3 is 33.1 Å². The van der Waals surface area contributed by atoms with Gasteiger partial charge in [-0.15, -0.1) is 0 Å². The van der Waals surface area contributed by atoms with Crippen molar-refractivity contribution in [2.24, 2.45) is 31.9 Å². The third-order valence-electron chi connectivity index (χ3n) is 2.52. The van der Waals surface area contributed by atoms with Crippen molar-refractivity contribution in [1.82, 2.24) is 0 Å². The van der Waals surface area contributed by atoms with E-state index in [-0.39, 0.29) is 11.1 Å². The molecule has 147 valence electrons. The molecule has 0 heterocycles. The fourth-order valence-corrected chi connectivity index (χ4v) is 1.46. The second kappa shape index (κ2) is 14.7. The summed E-state index contributed by atoms with van der Waals surface area (Å²) in [5.41, 5.74) is 10.2. The number of rotatable bonds is 4. The van der Waals surface area contributed by atoms with E-state index in [0.29, 0.717) is 0 Å². The Hall–Kier alpha value is -3.44. The topological polar surface area (TPSA) is 159 Å². The van der Waals surface area contributed by atoms with E-state index in [1.807, 2.05) is 0 Å². The summed E-state index contributed by atoms with van der Waals surface area (Å²) in [5.74, 6) is -0.809. The fraction of sp³-hybridized carbons (Fsp3) is 0. The second-order valence-electron chi connectivity index (χ2n) is 4.45. The van der Waals surface area contributed by atoms with E-state index in [1.54, 1.807) is 24.3 Å². The van der Waals surface area contributed by atoms with E-state index >= 15 is 0 Å². The molecular weight excluding hydrogens is 413 g/mol. The van der Waals surface area contributed by atoms with Crippen LogP contribution in [0.25, 0.3) is 0 Å². The fourth-order valence-electron chi connectivity index (χ4n) is 1.46. The summed E-state index contributed by atoms with van der Waals surface area (Å²) in [6.45, 7) is 0. The molecule has 0 aliphatic heterocycles. The van der Waals surface area contributed by atoms with Crippen molar-refractivity contribution in [2.45, 2.75) is 0 Å². The molecule has 12 heteroatoms. The SMILES string of the molecule is N/C(O)=N\N=C/c1ccccc1F.N/C(O)=N\N=C/c1ccccc1F.[O]=[V]. The Morgan fingerprint density at radius 1 is 0.786 bits per heavy atom. The summed E-state index contributed by atoms with van der Waals surface area (Å²) in [4.78, 5) is 0. The van der Waals surface area contributed by atoms with Crippen molar-refractivity contribution in [1.29, 1.82) is 0 Å². The Labute approximate surface area is 168 Å². The van der Waals surface area contributed by atoms with Gasteiger partial charge in [-0.2, -0.15) is 10.2 Å². The summed E-state index contributed by atoms with van der Waals surface area (Å²) in [6.07, 6.45) is 2.33. The summed E-state index contributed by atoms with van der Waals surface area (Å²) in [6, 6.07) is 10.8. The molecule has 0 aliphatic carbocycles. The zero-order chi connectivity index (χ0) is 21.4. The van der Waals surface area contributed by atoms with Crippen LogP contribution in [0.15, 0.2) is 68.9 Å². The predicted molar refractivity (Wildman–Crippen MR) is 97.2 cm³/mol. The number of aliphatic hydroxyl groups is 2. The quantitative estimate of drug-likeness (QED) is 0.332.